The Morgan fingerprint density at radius 1 is 1.18 bits per heavy atom. The SMILES string of the molecule is C=CCN(Cc1ccccc1)C(=O)[C@H]1[C@H]2C(=O)N(CCCCO)C(C(=O)N(CC=C)C(C)C)C23CC(Br)[C@@H]1O3. The van der Waals surface area contributed by atoms with Crippen LogP contribution in [-0.4, -0.2) is 92.4 Å². The fraction of sp³-hybridized carbons (Fsp3) is 0.567. The van der Waals surface area contributed by atoms with E-state index in [4.69, 9.17) is 4.74 Å². The van der Waals surface area contributed by atoms with Crippen molar-refractivity contribution >= 4 is 33.7 Å². The second kappa shape index (κ2) is 12.4. The van der Waals surface area contributed by atoms with Crippen LogP contribution < -0.4 is 0 Å². The molecule has 3 aliphatic rings. The Bertz CT molecular complexity index is 1080. The van der Waals surface area contributed by atoms with E-state index in [0.29, 0.717) is 45.4 Å². The van der Waals surface area contributed by atoms with Gasteiger partial charge in [-0.05, 0) is 38.7 Å². The zero-order valence-corrected chi connectivity index (χ0v) is 24.5. The van der Waals surface area contributed by atoms with Gasteiger partial charge in [0.1, 0.15) is 11.6 Å². The molecule has 4 rings (SSSR count). The van der Waals surface area contributed by atoms with Crippen molar-refractivity contribution in [3.05, 3.63) is 61.2 Å². The van der Waals surface area contributed by atoms with Gasteiger partial charge in [-0.15, -0.1) is 13.2 Å². The van der Waals surface area contributed by atoms with E-state index in [0.717, 1.165) is 5.56 Å². The lowest BCUT2D eigenvalue weighted by atomic mass is 9.70. The number of likely N-dealkylation sites (tertiary alicyclic amines) is 1. The highest BCUT2D eigenvalue weighted by Crippen LogP contribution is 2.60. The van der Waals surface area contributed by atoms with Gasteiger partial charge in [-0.3, -0.25) is 14.4 Å². The molecular formula is C30H40BrN3O5. The zero-order valence-electron chi connectivity index (χ0n) is 22.9. The van der Waals surface area contributed by atoms with Gasteiger partial charge in [-0.25, -0.2) is 0 Å². The number of carbonyl (C=O) groups is 3. The lowest BCUT2D eigenvalue weighted by molar-refractivity contribution is -0.149. The summed E-state index contributed by atoms with van der Waals surface area (Å²) in [5.74, 6) is -2.04. The van der Waals surface area contributed by atoms with E-state index in [1.807, 2.05) is 44.2 Å². The quantitative estimate of drug-likeness (QED) is 0.213. The topological polar surface area (TPSA) is 90.4 Å². The predicted molar refractivity (Wildman–Crippen MR) is 153 cm³/mol. The van der Waals surface area contributed by atoms with Crippen LogP contribution in [0.1, 0.15) is 38.7 Å². The van der Waals surface area contributed by atoms with Crippen molar-refractivity contribution < 1.29 is 24.2 Å². The number of carbonyl (C=O) groups excluding carboxylic acids is 3. The minimum absolute atomic E-state index is 0.00293. The summed E-state index contributed by atoms with van der Waals surface area (Å²) in [5, 5.41) is 9.38. The molecule has 3 fully saturated rings. The maximum Gasteiger partial charge on any atom is 0.248 e. The summed E-state index contributed by atoms with van der Waals surface area (Å²) < 4.78 is 6.65. The summed E-state index contributed by atoms with van der Waals surface area (Å²) in [6.45, 7) is 12.9. The van der Waals surface area contributed by atoms with E-state index in [2.05, 4.69) is 29.1 Å². The summed E-state index contributed by atoms with van der Waals surface area (Å²) >= 11 is 3.75. The Morgan fingerprint density at radius 2 is 1.87 bits per heavy atom. The maximum absolute atomic E-state index is 14.2. The zero-order chi connectivity index (χ0) is 28.3. The first-order chi connectivity index (χ1) is 18.7. The summed E-state index contributed by atoms with van der Waals surface area (Å²) in [4.78, 5) is 47.5. The van der Waals surface area contributed by atoms with Gasteiger partial charge in [0, 0.05) is 43.7 Å². The van der Waals surface area contributed by atoms with Gasteiger partial charge in [-0.2, -0.15) is 0 Å². The molecule has 3 unspecified atom stereocenters. The van der Waals surface area contributed by atoms with Crippen molar-refractivity contribution in [3.63, 3.8) is 0 Å². The molecule has 3 heterocycles. The van der Waals surface area contributed by atoms with Crippen LogP contribution in [0.15, 0.2) is 55.6 Å². The van der Waals surface area contributed by atoms with Crippen LogP contribution in [0.2, 0.25) is 0 Å². The number of hydrogen-bond acceptors (Lipinski definition) is 5. The van der Waals surface area contributed by atoms with Crippen molar-refractivity contribution in [3.8, 4) is 0 Å². The third kappa shape index (κ3) is 5.33. The number of alkyl halides is 1. The van der Waals surface area contributed by atoms with E-state index < -0.39 is 29.6 Å². The molecule has 1 N–H and O–H groups in total. The molecule has 9 heteroatoms. The fourth-order valence-corrected chi connectivity index (χ4v) is 7.52. The standard InChI is InChI=1S/C30H40BrN3O5/c1-5-14-32(19-21-12-8-7-9-13-21)27(36)23-24-28(37)34(16-10-11-17-35)26(29(38)33(15-6-2)20(3)4)30(24)18-22(31)25(23)39-30/h5-9,12-13,20,22-26,35H,1-2,10-11,14-19H2,3-4H3/t22?,23-,24-,25-,26?,30?/m0/s1. The lowest BCUT2D eigenvalue weighted by Gasteiger charge is -2.38. The molecule has 3 amide bonds. The van der Waals surface area contributed by atoms with Crippen LogP contribution in [0.4, 0.5) is 0 Å². The number of nitrogens with zero attached hydrogens (tertiary/aromatic N) is 3. The number of amides is 3. The summed E-state index contributed by atoms with van der Waals surface area (Å²) in [5.41, 5.74) is -0.122. The minimum Gasteiger partial charge on any atom is -0.396 e. The number of unbranched alkanes of at least 4 members (excludes halogenated alkanes) is 1. The lowest BCUT2D eigenvalue weighted by Crippen LogP contribution is -2.58. The summed E-state index contributed by atoms with van der Waals surface area (Å²) in [7, 11) is 0. The number of hydrogen-bond donors (Lipinski definition) is 1. The van der Waals surface area contributed by atoms with Gasteiger partial charge >= 0.3 is 0 Å². The number of benzene rings is 1. The molecule has 0 aliphatic carbocycles. The third-order valence-corrected chi connectivity index (χ3v) is 9.07. The van der Waals surface area contributed by atoms with E-state index >= 15 is 0 Å². The van der Waals surface area contributed by atoms with Crippen LogP contribution in [-0.2, 0) is 25.7 Å². The second-order valence-electron chi connectivity index (χ2n) is 11.0. The summed E-state index contributed by atoms with van der Waals surface area (Å²) in [6, 6.07) is 8.77. The van der Waals surface area contributed by atoms with E-state index in [1.165, 1.54) is 0 Å². The average molecular weight is 603 g/mol. The minimum atomic E-state index is -1.10. The normalized spacial score (nSPS) is 29.0. The highest BCUT2D eigenvalue weighted by atomic mass is 79.9. The Kier molecular flexibility index (Phi) is 9.34. The van der Waals surface area contributed by atoms with Crippen LogP contribution in [0.5, 0.6) is 0 Å². The van der Waals surface area contributed by atoms with E-state index in [1.54, 1.807) is 26.9 Å². The van der Waals surface area contributed by atoms with Crippen molar-refractivity contribution in [1.82, 2.24) is 14.7 Å². The second-order valence-corrected chi connectivity index (χ2v) is 12.2. The molecule has 2 bridgehead atoms. The molecule has 3 aliphatic heterocycles. The molecular weight excluding hydrogens is 562 g/mol. The first-order valence-electron chi connectivity index (χ1n) is 13.8. The first kappa shape index (κ1) is 29.5. The maximum atomic E-state index is 14.2. The summed E-state index contributed by atoms with van der Waals surface area (Å²) in [6.07, 6.45) is 4.38. The van der Waals surface area contributed by atoms with E-state index in [-0.39, 0.29) is 35.2 Å². The van der Waals surface area contributed by atoms with Crippen LogP contribution in [0, 0.1) is 11.8 Å². The number of halogens is 1. The number of rotatable bonds is 13. The van der Waals surface area contributed by atoms with Crippen LogP contribution in [0.3, 0.4) is 0 Å². The molecule has 6 atom stereocenters. The Balaban J connectivity index is 1.73. The van der Waals surface area contributed by atoms with Gasteiger partial charge in [0.05, 0.1) is 17.9 Å². The number of ether oxygens (including phenoxy) is 1. The van der Waals surface area contributed by atoms with Crippen molar-refractivity contribution in [2.75, 3.05) is 26.2 Å². The number of aliphatic hydroxyl groups is 1. The predicted octanol–water partition coefficient (Wildman–Crippen LogP) is 3.14. The van der Waals surface area contributed by atoms with Gasteiger partial charge in [-0.1, -0.05) is 58.4 Å². The molecule has 39 heavy (non-hydrogen) atoms. The smallest absolute Gasteiger partial charge is 0.248 e. The Morgan fingerprint density at radius 3 is 2.49 bits per heavy atom. The molecule has 3 saturated heterocycles. The molecule has 1 aromatic carbocycles. The molecule has 0 aromatic heterocycles. The van der Waals surface area contributed by atoms with Crippen molar-refractivity contribution in [1.29, 1.82) is 0 Å². The van der Waals surface area contributed by atoms with Crippen molar-refractivity contribution in [2.24, 2.45) is 11.8 Å². The van der Waals surface area contributed by atoms with Crippen molar-refractivity contribution in [2.45, 2.75) is 68.3 Å². The molecule has 212 valence electrons. The third-order valence-electron chi connectivity index (χ3n) is 8.23. The fourth-order valence-electron chi connectivity index (χ4n) is 6.58. The van der Waals surface area contributed by atoms with Gasteiger partial charge < -0.3 is 24.5 Å². The van der Waals surface area contributed by atoms with Crippen LogP contribution in [0.25, 0.3) is 0 Å². The average Bonchev–Trinajstić information content (AvgIpc) is 3.50. The molecule has 8 nitrogen and oxygen atoms in total. The Labute approximate surface area is 239 Å². The monoisotopic (exact) mass is 601 g/mol. The molecule has 1 aromatic rings. The van der Waals surface area contributed by atoms with Gasteiger partial charge in [0.2, 0.25) is 17.7 Å². The highest BCUT2D eigenvalue weighted by molar-refractivity contribution is 9.09. The van der Waals surface area contributed by atoms with Gasteiger partial charge in [0.25, 0.3) is 0 Å². The molecule has 0 saturated carbocycles. The number of aliphatic hydroxyl groups excluding tert-OH is 1. The molecule has 0 radical (unpaired) electrons. The Hall–Kier alpha value is -2.49. The largest absolute Gasteiger partial charge is 0.396 e. The highest BCUT2D eigenvalue weighted by Gasteiger charge is 2.76. The van der Waals surface area contributed by atoms with Gasteiger partial charge in [0.15, 0.2) is 0 Å². The number of fused-ring (bicyclic) bond motifs is 1. The first-order valence-corrected chi connectivity index (χ1v) is 14.7. The van der Waals surface area contributed by atoms with E-state index in [9.17, 15) is 19.5 Å². The molecule has 1 spiro atoms. The van der Waals surface area contributed by atoms with Crippen LogP contribution >= 0.6 is 15.9 Å².